The minimum atomic E-state index is -0.305. The van der Waals surface area contributed by atoms with Gasteiger partial charge in [-0.25, -0.2) is 4.39 Å². The Morgan fingerprint density at radius 1 is 0.968 bits per heavy atom. The summed E-state index contributed by atoms with van der Waals surface area (Å²) < 4.78 is 15.1. The Kier molecular flexibility index (Phi) is 5.19. The van der Waals surface area contributed by atoms with Crippen LogP contribution in [0.2, 0.25) is 0 Å². The molecule has 3 aromatic carbocycles. The third kappa shape index (κ3) is 3.59. The Bertz CT molecular complexity index is 1110. The van der Waals surface area contributed by atoms with Crippen molar-refractivity contribution in [2.75, 3.05) is 0 Å². The van der Waals surface area contributed by atoms with Gasteiger partial charge in [0.25, 0.3) is 0 Å². The number of carbonyl (C=O) groups excluding carboxylic acids is 1. The van der Waals surface area contributed by atoms with Gasteiger partial charge < -0.3 is 4.90 Å². The molecular weight excluding hydrogens is 385 g/mol. The Morgan fingerprint density at radius 3 is 2.42 bits per heavy atom. The monoisotopic (exact) mass is 411 g/mol. The van der Waals surface area contributed by atoms with Gasteiger partial charge in [0.15, 0.2) is 0 Å². The lowest BCUT2D eigenvalue weighted by Gasteiger charge is -2.31. The van der Waals surface area contributed by atoms with E-state index in [1.807, 2.05) is 66.4 Å². The minimum absolute atomic E-state index is 0.0496. The first kappa shape index (κ1) is 19.7. The second-order valence-electron chi connectivity index (χ2n) is 8.71. The van der Waals surface area contributed by atoms with Gasteiger partial charge in [-0.05, 0) is 36.5 Å². The van der Waals surface area contributed by atoms with E-state index in [2.05, 4.69) is 24.3 Å². The van der Waals surface area contributed by atoms with E-state index in [0.717, 1.165) is 17.5 Å². The van der Waals surface area contributed by atoms with Gasteiger partial charge in [0.05, 0.1) is 12.0 Å². The summed E-state index contributed by atoms with van der Waals surface area (Å²) in [6.45, 7) is 2.46. The highest BCUT2D eigenvalue weighted by atomic mass is 19.1. The first-order valence-corrected chi connectivity index (χ1v) is 11.0. The molecule has 2 aliphatic rings. The topological polar surface area (TPSA) is 20.3 Å². The predicted octanol–water partition coefficient (Wildman–Crippen LogP) is 6.19. The van der Waals surface area contributed by atoms with Gasteiger partial charge in [-0.3, -0.25) is 4.79 Å². The molecule has 0 saturated carbocycles. The van der Waals surface area contributed by atoms with Crippen LogP contribution in [0, 0.1) is 24.6 Å². The fourth-order valence-corrected chi connectivity index (χ4v) is 5.36. The fourth-order valence-electron chi connectivity index (χ4n) is 5.36. The van der Waals surface area contributed by atoms with Crippen LogP contribution in [0.15, 0.2) is 91.0 Å². The van der Waals surface area contributed by atoms with Crippen molar-refractivity contribution in [2.45, 2.75) is 31.8 Å². The van der Waals surface area contributed by atoms with E-state index in [-0.39, 0.29) is 35.5 Å². The number of fused-ring (bicyclic) bond motifs is 1. The summed E-state index contributed by atoms with van der Waals surface area (Å²) in [5, 5.41) is 0. The van der Waals surface area contributed by atoms with Crippen molar-refractivity contribution in [3.8, 4) is 0 Å². The van der Waals surface area contributed by atoms with Crippen molar-refractivity contribution in [3.05, 3.63) is 119 Å². The lowest BCUT2D eigenvalue weighted by molar-refractivity contribution is -0.133. The number of hydrogen-bond donors (Lipinski definition) is 0. The molecule has 1 saturated heterocycles. The van der Waals surface area contributed by atoms with Crippen molar-refractivity contribution in [3.63, 3.8) is 0 Å². The van der Waals surface area contributed by atoms with E-state index in [0.29, 0.717) is 12.1 Å². The maximum absolute atomic E-state index is 15.1. The fraction of sp³-hybridized carbons (Fsp3) is 0.250. The molecule has 31 heavy (non-hydrogen) atoms. The van der Waals surface area contributed by atoms with Gasteiger partial charge in [-0.2, -0.15) is 0 Å². The summed E-state index contributed by atoms with van der Waals surface area (Å²) in [7, 11) is 0. The zero-order chi connectivity index (χ0) is 21.4. The van der Waals surface area contributed by atoms with E-state index >= 15 is 4.39 Å². The Morgan fingerprint density at radius 2 is 1.68 bits per heavy atom. The second-order valence-corrected chi connectivity index (χ2v) is 8.71. The third-order valence-electron chi connectivity index (χ3n) is 6.76. The highest BCUT2D eigenvalue weighted by molar-refractivity contribution is 5.84. The van der Waals surface area contributed by atoms with Crippen LogP contribution in [0.1, 0.15) is 40.6 Å². The van der Waals surface area contributed by atoms with Crippen LogP contribution in [0.3, 0.4) is 0 Å². The molecule has 3 heteroatoms. The average Bonchev–Trinajstić information content (AvgIpc) is 3.08. The molecule has 3 aromatic rings. The van der Waals surface area contributed by atoms with Gasteiger partial charge in [-0.15, -0.1) is 0 Å². The van der Waals surface area contributed by atoms with Crippen molar-refractivity contribution < 1.29 is 9.18 Å². The van der Waals surface area contributed by atoms with Crippen LogP contribution < -0.4 is 0 Å². The summed E-state index contributed by atoms with van der Waals surface area (Å²) in [5.74, 6) is -0.234. The molecule has 2 nitrogen and oxygen atoms in total. The number of halogens is 1. The van der Waals surface area contributed by atoms with Crippen LogP contribution in [-0.2, 0) is 11.3 Å². The van der Waals surface area contributed by atoms with Gasteiger partial charge in [0.1, 0.15) is 5.82 Å². The van der Waals surface area contributed by atoms with Crippen LogP contribution in [0.4, 0.5) is 4.39 Å². The summed E-state index contributed by atoms with van der Waals surface area (Å²) in [5.41, 5.74) is 3.87. The largest absolute Gasteiger partial charge is 0.330 e. The molecule has 1 amide bonds. The van der Waals surface area contributed by atoms with E-state index in [1.165, 1.54) is 11.6 Å². The highest BCUT2D eigenvalue weighted by Crippen LogP contribution is 2.52. The van der Waals surface area contributed by atoms with E-state index in [4.69, 9.17) is 0 Å². The maximum atomic E-state index is 15.1. The predicted molar refractivity (Wildman–Crippen MR) is 121 cm³/mol. The summed E-state index contributed by atoms with van der Waals surface area (Å²) in [6.07, 6.45) is 5.16. The van der Waals surface area contributed by atoms with Crippen LogP contribution in [0.5, 0.6) is 0 Å². The summed E-state index contributed by atoms with van der Waals surface area (Å²) in [6, 6.07) is 25.2. The zero-order valence-corrected chi connectivity index (χ0v) is 17.6. The van der Waals surface area contributed by atoms with E-state index in [1.54, 1.807) is 6.07 Å². The van der Waals surface area contributed by atoms with Crippen molar-refractivity contribution >= 4 is 5.91 Å². The van der Waals surface area contributed by atoms with Gasteiger partial charge >= 0.3 is 0 Å². The molecule has 1 heterocycles. The molecule has 0 radical (unpaired) electrons. The van der Waals surface area contributed by atoms with Gasteiger partial charge in [-0.1, -0.05) is 90.5 Å². The molecule has 0 bridgehead atoms. The van der Waals surface area contributed by atoms with Gasteiger partial charge in [0.2, 0.25) is 5.91 Å². The Hall–Kier alpha value is -3.20. The quantitative estimate of drug-likeness (QED) is 0.469. The summed E-state index contributed by atoms with van der Waals surface area (Å²) in [4.78, 5) is 15.8. The SMILES string of the molecule is Cc1ccc(F)c([C@H]2[C@@H]3C=CC[C@H](c4ccccc4)[C@H]3C(=O)N2Cc2ccccc2)c1. The molecule has 4 atom stereocenters. The smallest absolute Gasteiger partial charge is 0.227 e. The normalized spacial score (nSPS) is 25.0. The lowest BCUT2D eigenvalue weighted by atomic mass is 9.71. The molecule has 0 spiro atoms. The molecule has 0 unspecified atom stereocenters. The third-order valence-corrected chi connectivity index (χ3v) is 6.76. The van der Waals surface area contributed by atoms with Crippen molar-refractivity contribution in [2.24, 2.45) is 11.8 Å². The first-order chi connectivity index (χ1) is 15.1. The van der Waals surface area contributed by atoms with Crippen LogP contribution in [0.25, 0.3) is 0 Å². The number of hydrogen-bond acceptors (Lipinski definition) is 1. The lowest BCUT2D eigenvalue weighted by Crippen LogP contribution is -2.31. The van der Waals surface area contributed by atoms with Crippen LogP contribution >= 0.6 is 0 Å². The van der Waals surface area contributed by atoms with E-state index < -0.39 is 0 Å². The van der Waals surface area contributed by atoms with Crippen molar-refractivity contribution in [1.82, 2.24) is 4.90 Å². The first-order valence-electron chi connectivity index (χ1n) is 11.0. The average molecular weight is 412 g/mol. The molecule has 0 N–H and O–H groups in total. The molecule has 1 fully saturated rings. The number of amides is 1. The molecular formula is C28H26FNO. The molecule has 156 valence electrons. The zero-order valence-electron chi connectivity index (χ0n) is 17.6. The maximum Gasteiger partial charge on any atom is 0.227 e. The molecule has 5 rings (SSSR count). The van der Waals surface area contributed by atoms with Crippen LogP contribution in [-0.4, -0.2) is 10.8 Å². The number of likely N-dealkylation sites (tertiary alicyclic amines) is 1. The molecule has 1 aliphatic carbocycles. The van der Waals surface area contributed by atoms with Crippen molar-refractivity contribution in [1.29, 1.82) is 0 Å². The number of aryl methyl sites for hydroxylation is 1. The van der Waals surface area contributed by atoms with E-state index in [9.17, 15) is 4.79 Å². The Labute approximate surface area is 183 Å². The number of rotatable bonds is 4. The molecule has 1 aliphatic heterocycles. The molecule has 0 aromatic heterocycles. The number of nitrogens with zero attached hydrogens (tertiary/aromatic N) is 1. The number of carbonyl (C=O) groups is 1. The second kappa shape index (κ2) is 8.14. The number of benzene rings is 3. The Balaban J connectivity index is 1.61. The standard InChI is InChI=1S/C28H26FNO/c1-19-15-16-25(29)24(17-19)27-23-14-8-13-22(21-11-6-3-7-12-21)26(23)28(31)30(27)18-20-9-4-2-5-10-20/h2-12,14-17,22-23,26-27H,13,18H2,1H3/t22-,23-,26-,27-/m1/s1. The minimum Gasteiger partial charge on any atom is -0.330 e. The number of allylic oxidation sites excluding steroid dienone is 1. The highest BCUT2D eigenvalue weighted by Gasteiger charge is 2.52. The summed E-state index contributed by atoms with van der Waals surface area (Å²) >= 11 is 0. The van der Waals surface area contributed by atoms with Gasteiger partial charge in [0, 0.05) is 18.0 Å².